The number of allylic oxidation sites excluding steroid dienone is 2. The fourth-order valence-electron chi connectivity index (χ4n) is 0.852. The van der Waals surface area contributed by atoms with E-state index in [0.29, 0.717) is 0 Å². The van der Waals surface area contributed by atoms with Crippen LogP contribution in [-0.2, 0) is 0 Å². The summed E-state index contributed by atoms with van der Waals surface area (Å²) >= 11 is 0. The maximum absolute atomic E-state index is 2.39. The molecule has 0 radical (unpaired) electrons. The van der Waals surface area contributed by atoms with Crippen molar-refractivity contribution in [2.24, 2.45) is 0 Å². The van der Waals surface area contributed by atoms with Crippen molar-refractivity contribution in [1.29, 1.82) is 0 Å². The molecule has 1 nitrogen and oxygen atoms in total. The molecular formula is C7H13N. The molecule has 0 aliphatic carbocycles. The quantitative estimate of drug-likeness (QED) is 0.497. The van der Waals surface area contributed by atoms with Crippen LogP contribution in [0.5, 0.6) is 0 Å². The second-order valence-corrected chi connectivity index (χ2v) is 2.27. The molecule has 0 saturated carbocycles. The van der Waals surface area contributed by atoms with Crippen LogP contribution in [0.1, 0.15) is 20.3 Å². The first-order valence-electron chi connectivity index (χ1n) is 3.22. The molecule has 0 spiro atoms. The average Bonchev–Trinajstić information content (AvgIpc) is 1.62. The van der Waals surface area contributed by atoms with Crippen molar-refractivity contribution in [3.63, 3.8) is 0 Å². The van der Waals surface area contributed by atoms with Crippen LogP contribution in [0.3, 0.4) is 0 Å². The lowest BCUT2D eigenvalue weighted by molar-refractivity contribution is 0.239. The first-order chi connectivity index (χ1) is 3.84. The smallest absolute Gasteiger partial charge is 0.0191 e. The fraction of sp³-hybridized carbons (Fsp3) is 0.714. The molecule has 0 aromatic carbocycles. The van der Waals surface area contributed by atoms with Gasteiger partial charge in [0.1, 0.15) is 0 Å². The van der Waals surface area contributed by atoms with Gasteiger partial charge in [0.2, 0.25) is 0 Å². The van der Waals surface area contributed by atoms with Crippen molar-refractivity contribution in [2.45, 2.75) is 20.3 Å². The normalized spacial score (nSPS) is 20.8. The van der Waals surface area contributed by atoms with E-state index in [4.69, 9.17) is 0 Å². The second kappa shape index (κ2) is 2.21. The first-order valence-corrected chi connectivity index (χ1v) is 3.22. The minimum Gasteiger partial charge on any atom is -0.375 e. The second-order valence-electron chi connectivity index (χ2n) is 2.27. The summed E-state index contributed by atoms with van der Waals surface area (Å²) in [5, 5.41) is 0. The van der Waals surface area contributed by atoms with E-state index in [-0.39, 0.29) is 0 Å². The summed E-state index contributed by atoms with van der Waals surface area (Å²) in [4.78, 5) is 2.39. The summed E-state index contributed by atoms with van der Waals surface area (Å²) < 4.78 is 0. The zero-order valence-corrected chi connectivity index (χ0v) is 5.65. The van der Waals surface area contributed by atoms with Crippen LogP contribution in [-0.4, -0.2) is 18.0 Å². The highest BCUT2D eigenvalue weighted by Crippen LogP contribution is 2.12. The summed E-state index contributed by atoms with van der Waals surface area (Å²) in [6, 6.07) is 0. The van der Waals surface area contributed by atoms with Gasteiger partial charge in [0, 0.05) is 18.8 Å². The zero-order valence-electron chi connectivity index (χ0n) is 5.65. The van der Waals surface area contributed by atoms with Crippen molar-refractivity contribution < 1.29 is 0 Å². The van der Waals surface area contributed by atoms with Crippen molar-refractivity contribution in [3.05, 3.63) is 11.8 Å². The van der Waals surface area contributed by atoms with Crippen LogP contribution in [0.25, 0.3) is 0 Å². The third-order valence-electron chi connectivity index (χ3n) is 1.77. The van der Waals surface area contributed by atoms with Gasteiger partial charge in [0.05, 0.1) is 0 Å². The topological polar surface area (TPSA) is 3.24 Å². The van der Waals surface area contributed by atoms with Gasteiger partial charge >= 0.3 is 0 Å². The average molecular weight is 111 g/mol. The fourth-order valence-corrected chi connectivity index (χ4v) is 0.852. The summed E-state index contributed by atoms with van der Waals surface area (Å²) in [7, 11) is 0. The number of hydrogen-bond acceptors (Lipinski definition) is 1. The van der Waals surface area contributed by atoms with Crippen LogP contribution >= 0.6 is 0 Å². The molecule has 0 bridgehead atoms. The van der Waals surface area contributed by atoms with Gasteiger partial charge in [-0.25, -0.2) is 0 Å². The molecule has 0 unspecified atom stereocenters. The molecule has 0 amide bonds. The first kappa shape index (κ1) is 5.67. The van der Waals surface area contributed by atoms with Crippen LogP contribution < -0.4 is 0 Å². The number of rotatable bonds is 1. The lowest BCUT2D eigenvalue weighted by Gasteiger charge is -2.33. The Morgan fingerprint density at radius 2 is 2.12 bits per heavy atom. The van der Waals surface area contributed by atoms with E-state index in [1.165, 1.54) is 25.2 Å². The highest BCUT2D eigenvalue weighted by Gasteiger charge is 2.11. The van der Waals surface area contributed by atoms with E-state index in [0.717, 1.165) is 0 Å². The largest absolute Gasteiger partial charge is 0.375 e. The third-order valence-corrected chi connectivity index (χ3v) is 1.77. The molecule has 1 aliphatic rings. The molecule has 0 atom stereocenters. The monoisotopic (exact) mass is 111 g/mol. The van der Waals surface area contributed by atoms with Crippen molar-refractivity contribution in [1.82, 2.24) is 4.90 Å². The predicted molar refractivity (Wildman–Crippen MR) is 35.6 cm³/mol. The molecule has 1 heterocycles. The maximum Gasteiger partial charge on any atom is 0.0191 e. The molecule has 0 N–H and O–H groups in total. The van der Waals surface area contributed by atoms with E-state index in [9.17, 15) is 0 Å². The van der Waals surface area contributed by atoms with Crippen molar-refractivity contribution in [3.8, 4) is 0 Å². The van der Waals surface area contributed by atoms with Crippen LogP contribution in [0.15, 0.2) is 11.8 Å². The molecule has 1 rings (SSSR count). The van der Waals surface area contributed by atoms with E-state index >= 15 is 0 Å². The number of likely N-dealkylation sites (tertiary alicyclic amines) is 1. The van der Waals surface area contributed by atoms with Gasteiger partial charge in [0.15, 0.2) is 0 Å². The molecular weight excluding hydrogens is 98.1 g/mol. The molecule has 1 fully saturated rings. The Kier molecular flexibility index (Phi) is 1.56. The minimum absolute atomic E-state index is 1.27. The molecule has 0 aromatic rings. The summed E-state index contributed by atoms with van der Waals surface area (Å²) in [6.45, 7) is 6.80. The third kappa shape index (κ3) is 0.857. The molecule has 0 aromatic heterocycles. The number of nitrogens with zero attached hydrogens (tertiary/aromatic N) is 1. The Balaban J connectivity index is 2.34. The van der Waals surface area contributed by atoms with Crippen LogP contribution in [0.4, 0.5) is 0 Å². The maximum atomic E-state index is 2.39. The van der Waals surface area contributed by atoms with E-state index < -0.39 is 0 Å². The van der Waals surface area contributed by atoms with Gasteiger partial charge in [-0.05, 0) is 20.3 Å². The molecule has 1 aliphatic heterocycles. The summed E-state index contributed by atoms with van der Waals surface area (Å²) in [6.07, 6.45) is 3.55. The highest BCUT2D eigenvalue weighted by atomic mass is 15.2. The molecule has 46 valence electrons. The van der Waals surface area contributed by atoms with Gasteiger partial charge in [-0.15, -0.1) is 0 Å². The standard InChI is InChI=1S/C7H13N/c1-3-7(2)8-5-4-6-8/h3H,4-6H2,1-2H3. The van der Waals surface area contributed by atoms with Gasteiger partial charge in [-0.3, -0.25) is 0 Å². The van der Waals surface area contributed by atoms with E-state index in [1.807, 2.05) is 0 Å². The van der Waals surface area contributed by atoms with E-state index in [2.05, 4.69) is 24.8 Å². The molecule has 1 heteroatoms. The van der Waals surface area contributed by atoms with Gasteiger partial charge < -0.3 is 4.90 Å². The zero-order chi connectivity index (χ0) is 5.98. The minimum atomic E-state index is 1.27. The lowest BCUT2D eigenvalue weighted by Crippen LogP contribution is -2.35. The Morgan fingerprint density at radius 3 is 2.25 bits per heavy atom. The van der Waals surface area contributed by atoms with Crippen molar-refractivity contribution in [2.75, 3.05) is 13.1 Å². The summed E-state index contributed by atoms with van der Waals surface area (Å²) in [5.41, 5.74) is 1.43. The van der Waals surface area contributed by atoms with Crippen LogP contribution in [0, 0.1) is 0 Å². The van der Waals surface area contributed by atoms with E-state index in [1.54, 1.807) is 0 Å². The number of hydrogen-bond donors (Lipinski definition) is 0. The van der Waals surface area contributed by atoms with Crippen LogP contribution in [0.2, 0.25) is 0 Å². The summed E-state index contributed by atoms with van der Waals surface area (Å²) in [5.74, 6) is 0. The Labute approximate surface area is 51.0 Å². The van der Waals surface area contributed by atoms with Gasteiger partial charge in [0.25, 0.3) is 0 Å². The molecule has 1 saturated heterocycles. The SMILES string of the molecule is CC=C(C)N1CCC1. The highest BCUT2D eigenvalue weighted by molar-refractivity contribution is 4.98. The lowest BCUT2D eigenvalue weighted by atomic mass is 10.2. The Hall–Kier alpha value is -0.460. The van der Waals surface area contributed by atoms with Gasteiger partial charge in [-0.1, -0.05) is 6.08 Å². The van der Waals surface area contributed by atoms with Gasteiger partial charge in [-0.2, -0.15) is 0 Å². The Bertz CT molecular complexity index is 101. The Morgan fingerprint density at radius 1 is 1.50 bits per heavy atom. The van der Waals surface area contributed by atoms with Crippen molar-refractivity contribution >= 4 is 0 Å². The predicted octanol–water partition coefficient (Wildman–Crippen LogP) is 1.62. The molecule has 8 heavy (non-hydrogen) atoms.